The Bertz CT molecular complexity index is 633. The number of rotatable bonds is 8. The Balaban J connectivity index is 2.04. The number of benzene rings is 2. The number of halogens is 1. The quantitative estimate of drug-likeness (QED) is 0.810. The van der Waals surface area contributed by atoms with E-state index < -0.39 is 0 Å². The fraction of sp³-hybridized carbons (Fsp3) is 0.333. The average Bonchev–Trinajstić information content (AvgIpc) is 2.60. The van der Waals surface area contributed by atoms with Crippen LogP contribution < -0.4 is 19.9 Å². The standard InChI is InChI=1S/C18H22FNO3/c1-21-14-7-8-15(18(11-14)22-2)13(12-20)9-10-23-17-6-4-3-5-16(17)19/h3-8,11,13H,9-10,12,20H2,1-2H3. The van der Waals surface area contributed by atoms with Crippen molar-refractivity contribution in [3.8, 4) is 17.2 Å². The highest BCUT2D eigenvalue weighted by molar-refractivity contribution is 5.43. The van der Waals surface area contributed by atoms with Crippen LogP contribution in [0.1, 0.15) is 17.9 Å². The molecule has 4 nitrogen and oxygen atoms in total. The topological polar surface area (TPSA) is 53.7 Å². The minimum atomic E-state index is -0.362. The number of para-hydroxylation sites is 1. The van der Waals surface area contributed by atoms with Crippen molar-refractivity contribution in [1.29, 1.82) is 0 Å². The van der Waals surface area contributed by atoms with Gasteiger partial charge in [-0.15, -0.1) is 0 Å². The van der Waals surface area contributed by atoms with Crippen LogP contribution in [-0.2, 0) is 0 Å². The Morgan fingerprint density at radius 3 is 2.48 bits per heavy atom. The van der Waals surface area contributed by atoms with Crippen LogP contribution in [0.2, 0.25) is 0 Å². The van der Waals surface area contributed by atoms with Crippen LogP contribution in [0, 0.1) is 5.82 Å². The minimum absolute atomic E-state index is 0.0580. The summed E-state index contributed by atoms with van der Waals surface area (Å²) in [7, 11) is 3.22. The number of methoxy groups -OCH3 is 2. The zero-order valence-corrected chi connectivity index (χ0v) is 13.4. The van der Waals surface area contributed by atoms with E-state index in [1.54, 1.807) is 32.4 Å². The van der Waals surface area contributed by atoms with E-state index in [1.165, 1.54) is 6.07 Å². The summed E-state index contributed by atoms with van der Waals surface area (Å²) in [5, 5.41) is 0. The normalized spacial score (nSPS) is 11.8. The Morgan fingerprint density at radius 2 is 1.83 bits per heavy atom. The summed E-state index contributed by atoms with van der Waals surface area (Å²) < 4.78 is 29.7. The van der Waals surface area contributed by atoms with Gasteiger partial charge in [0.2, 0.25) is 0 Å². The summed E-state index contributed by atoms with van der Waals surface area (Å²) in [6.07, 6.45) is 0.660. The van der Waals surface area contributed by atoms with Gasteiger partial charge in [0.25, 0.3) is 0 Å². The van der Waals surface area contributed by atoms with Crippen molar-refractivity contribution in [2.45, 2.75) is 12.3 Å². The third-order valence-corrected chi connectivity index (χ3v) is 3.73. The van der Waals surface area contributed by atoms with Crippen LogP contribution in [0.3, 0.4) is 0 Å². The van der Waals surface area contributed by atoms with Gasteiger partial charge in [-0.05, 0) is 36.7 Å². The molecule has 2 rings (SSSR count). The van der Waals surface area contributed by atoms with Crippen molar-refractivity contribution in [2.24, 2.45) is 5.73 Å². The maximum absolute atomic E-state index is 13.5. The fourth-order valence-electron chi connectivity index (χ4n) is 2.43. The van der Waals surface area contributed by atoms with Crippen LogP contribution in [0.4, 0.5) is 4.39 Å². The number of ether oxygens (including phenoxy) is 3. The largest absolute Gasteiger partial charge is 0.497 e. The van der Waals surface area contributed by atoms with Crippen LogP contribution >= 0.6 is 0 Å². The van der Waals surface area contributed by atoms with Crippen molar-refractivity contribution in [3.05, 3.63) is 53.8 Å². The van der Waals surface area contributed by atoms with Crippen LogP contribution in [0.15, 0.2) is 42.5 Å². The minimum Gasteiger partial charge on any atom is -0.497 e. The van der Waals surface area contributed by atoms with Crippen molar-refractivity contribution < 1.29 is 18.6 Å². The first-order valence-electron chi connectivity index (χ1n) is 7.49. The maximum Gasteiger partial charge on any atom is 0.165 e. The number of nitrogens with two attached hydrogens (primary N) is 1. The second-order valence-electron chi connectivity index (χ2n) is 5.11. The van der Waals surface area contributed by atoms with Gasteiger partial charge < -0.3 is 19.9 Å². The molecule has 0 heterocycles. The predicted molar refractivity (Wildman–Crippen MR) is 87.9 cm³/mol. The number of hydrogen-bond donors (Lipinski definition) is 1. The second kappa shape index (κ2) is 8.39. The van der Waals surface area contributed by atoms with E-state index in [1.807, 2.05) is 18.2 Å². The van der Waals surface area contributed by atoms with Crippen LogP contribution in [0.25, 0.3) is 0 Å². The molecule has 1 atom stereocenters. The molecule has 0 saturated carbocycles. The lowest BCUT2D eigenvalue weighted by molar-refractivity contribution is 0.283. The summed E-state index contributed by atoms with van der Waals surface area (Å²) in [6.45, 7) is 0.821. The maximum atomic E-state index is 13.5. The molecule has 2 N–H and O–H groups in total. The monoisotopic (exact) mass is 319 g/mol. The summed E-state index contributed by atoms with van der Waals surface area (Å²) in [5.74, 6) is 1.40. The zero-order chi connectivity index (χ0) is 16.7. The van der Waals surface area contributed by atoms with E-state index in [0.717, 1.165) is 17.1 Å². The Hall–Kier alpha value is -2.27. The second-order valence-corrected chi connectivity index (χ2v) is 5.11. The molecule has 5 heteroatoms. The lowest BCUT2D eigenvalue weighted by atomic mass is 9.95. The van der Waals surface area contributed by atoms with E-state index in [-0.39, 0.29) is 17.5 Å². The molecular weight excluding hydrogens is 297 g/mol. The first-order valence-corrected chi connectivity index (χ1v) is 7.49. The zero-order valence-electron chi connectivity index (χ0n) is 13.4. The lowest BCUT2D eigenvalue weighted by Gasteiger charge is -2.19. The third kappa shape index (κ3) is 4.36. The van der Waals surface area contributed by atoms with Gasteiger partial charge in [-0.25, -0.2) is 4.39 Å². The molecule has 0 aliphatic rings. The molecule has 0 radical (unpaired) electrons. The van der Waals surface area contributed by atoms with Crippen molar-refractivity contribution in [3.63, 3.8) is 0 Å². The first-order chi connectivity index (χ1) is 11.2. The molecule has 2 aromatic carbocycles. The molecule has 2 aromatic rings. The molecule has 0 aliphatic heterocycles. The highest BCUT2D eigenvalue weighted by Crippen LogP contribution is 2.32. The number of hydrogen-bond acceptors (Lipinski definition) is 4. The summed E-state index contributed by atoms with van der Waals surface area (Å²) >= 11 is 0. The highest BCUT2D eigenvalue weighted by Gasteiger charge is 2.16. The fourth-order valence-corrected chi connectivity index (χ4v) is 2.43. The van der Waals surface area contributed by atoms with Gasteiger partial charge in [-0.1, -0.05) is 18.2 Å². The summed E-state index contributed by atoms with van der Waals surface area (Å²) in [6, 6.07) is 12.0. The molecule has 124 valence electrons. The van der Waals surface area contributed by atoms with Gasteiger partial charge in [0.05, 0.1) is 20.8 Å². The van der Waals surface area contributed by atoms with Gasteiger partial charge in [-0.2, -0.15) is 0 Å². The van der Waals surface area contributed by atoms with Crippen LogP contribution in [0.5, 0.6) is 17.2 Å². The van der Waals surface area contributed by atoms with Crippen molar-refractivity contribution >= 4 is 0 Å². The molecule has 23 heavy (non-hydrogen) atoms. The van der Waals surface area contributed by atoms with Gasteiger partial charge in [0.1, 0.15) is 11.5 Å². The smallest absolute Gasteiger partial charge is 0.165 e. The van der Waals surface area contributed by atoms with Crippen molar-refractivity contribution in [1.82, 2.24) is 0 Å². The Labute approximate surface area is 136 Å². The highest BCUT2D eigenvalue weighted by atomic mass is 19.1. The molecule has 0 aromatic heterocycles. The van der Waals surface area contributed by atoms with E-state index >= 15 is 0 Å². The lowest BCUT2D eigenvalue weighted by Crippen LogP contribution is -2.16. The van der Waals surface area contributed by atoms with Crippen molar-refractivity contribution in [2.75, 3.05) is 27.4 Å². The molecule has 0 saturated heterocycles. The van der Waals surface area contributed by atoms with E-state index in [4.69, 9.17) is 19.9 Å². The summed E-state index contributed by atoms with van der Waals surface area (Å²) in [5.41, 5.74) is 6.89. The van der Waals surface area contributed by atoms with Gasteiger partial charge in [-0.3, -0.25) is 0 Å². The first kappa shape index (κ1) is 17.1. The average molecular weight is 319 g/mol. The van der Waals surface area contributed by atoms with Gasteiger partial charge in [0, 0.05) is 12.0 Å². The predicted octanol–water partition coefficient (Wildman–Crippen LogP) is 3.35. The molecule has 0 amide bonds. The van der Waals surface area contributed by atoms with Gasteiger partial charge >= 0.3 is 0 Å². The van der Waals surface area contributed by atoms with E-state index in [9.17, 15) is 4.39 Å². The third-order valence-electron chi connectivity index (χ3n) is 3.73. The molecular formula is C18H22FNO3. The molecule has 0 bridgehead atoms. The van der Waals surface area contributed by atoms with Gasteiger partial charge in [0.15, 0.2) is 11.6 Å². The molecule has 1 unspecified atom stereocenters. The SMILES string of the molecule is COc1ccc(C(CN)CCOc2ccccc2F)c(OC)c1. The Morgan fingerprint density at radius 1 is 1.04 bits per heavy atom. The Kier molecular flexibility index (Phi) is 6.23. The van der Waals surface area contributed by atoms with E-state index in [2.05, 4.69) is 0 Å². The van der Waals surface area contributed by atoms with Crippen LogP contribution in [-0.4, -0.2) is 27.4 Å². The molecule has 0 aliphatic carbocycles. The molecule has 0 spiro atoms. The summed E-state index contributed by atoms with van der Waals surface area (Å²) in [4.78, 5) is 0. The molecule has 0 fully saturated rings. The van der Waals surface area contributed by atoms with E-state index in [0.29, 0.717) is 19.6 Å².